The van der Waals surface area contributed by atoms with Crippen molar-refractivity contribution < 1.29 is 4.79 Å². The van der Waals surface area contributed by atoms with Gasteiger partial charge in [-0.15, -0.1) is 11.3 Å². The van der Waals surface area contributed by atoms with Gasteiger partial charge in [0.2, 0.25) is 5.91 Å². The van der Waals surface area contributed by atoms with Crippen molar-refractivity contribution in [3.63, 3.8) is 0 Å². The number of carbonyl (C=O) groups excluding carboxylic acids is 1. The van der Waals surface area contributed by atoms with E-state index in [1.807, 2.05) is 42.6 Å². The molecule has 3 rings (SSSR count). The maximum Gasteiger partial charge on any atom is 0.244 e. The fourth-order valence-corrected chi connectivity index (χ4v) is 2.98. The summed E-state index contributed by atoms with van der Waals surface area (Å²) in [6, 6.07) is 18.5. The first-order chi connectivity index (χ1) is 10.7. The number of carbonyl (C=O) groups is 1. The van der Waals surface area contributed by atoms with E-state index in [1.54, 1.807) is 17.4 Å². The summed E-state index contributed by atoms with van der Waals surface area (Å²) in [6.07, 6.45) is 3.43. The van der Waals surface area contributed by atoms with Crippen molar-refractivity contribution >= 4 is 34.1 Å². The standard InChI is InChI=1S/C19H17NOS/c1-14(20-19(21)11-10-18-7-4-12-22-18)16-9-8-15-5-2-3-6-17(15)13-16/h2-14H,1H3,(H,20,21). The van der Waals surface area contributed by atoms with Gasteiger partial charge in [0.05, 0.1) is 6.04 Å². The van der Waals surface area contributed by atoms with E-state index >= 15 is 0 Å². The number of nitrogens with one attached hydrogen (secondary N) is 1. The highest BCUT2D eigenvalue weighted by Gasteiger charge is 2.08. The van der Waals surface area contributed by atoms with Crippen LogP contribution in [-0.2, 0) is 4.79 Å². The molecule has 1 heterocycles. The largest absolute Gasteiger partial charge is 0.346 e. The zero-order valence-electron chi connectivity index (χ0n) is 12.3. The van der Waals surface area contributed by atoms with E-state index < -0.39 is 0 Å². The van der Waals surface area contributed by atoms with Crippen molar-refractivity contribution in [3.05, 3.63) is 76.5 Å². The molecule has 2 aromatic carbocycles. The van der Waals surface area contributed by atoms with Crippen LogP contribution in [-0.4, -0.2) is 5.91 Å². The van der Waals surface area contributed by atoms with E-state index in [9.17, 15) is 4.79 Å². The molecule has 0 bridgehead atoms. The van der Waals surface area contributed by atoms with E-state index in [4.69, 9.17) is 0 Å². The molecule has 1 atom stereocenters. The molecule has 0 fully saturated rings. The molecule has 0 aliphatic rings. The number of hydrogen-bond donors (Lipinski definition) is 1. The SMILES string of the molecule is CC(NC(=O)C=Cc1cccs1)c1ccc2ccccc2c1. The number of benzene rings is 2. The Balaban J connectivity index is 1.69. The molecular weight excluding hydrogens is 290 g/mol. The average Bonchev–Trinajstić information content (AvgIpc) is 3.06. The van der Waals surface area contributed by atoms with Gasteiger partial charge in [-0.2, -0.15) is 0 Å². The highest BCUT2D eigenvalue weighted by molar-refractivity contribution is 7.10. The average molecular weight is 307 g/mol. The topological polar surface area (TPSA) is 29.1 Å². The molecule has 2 nitrogen and oxygen atoms in total. The predicted octanol–water partition coefficient (Wildman–Crippen LogP) is 4.79. The van der Waals surface area contributed by atoms with Gasteiger partial charge in [0, 0.05) is 11.0 Å². The summed E-state index contributed by atoms with van der Waals surface area (Å²) in [7, 11) is 0. The minimum Gasteiger partial charge on any atom is -0.346 e. The van der Waals surface area contributed by atoms with Crippen LogP contribution in [0.5, 0.6) is 0 Å². The van der Waals surface area contributed by atoms with Gasteiger partial charge in [-0.25, -0.2) is 0 Å². The van der Waals surface area contributed by atoms with E-state index in [1.165, 1.54) is 10.8 Å². The van der Waals surface area contributed by atoms with Gasteiger partial charge in [0.15, 0.2) is 0 Å². The van der Waals surface area contributed by atoms with Crippen LogP contribution in [0.3, 0.4) is 0 Å². The number of amides is 1. The summed E-state index contributed by atoms with van der Waals surface area (Å²) in [5.41, 5.74) is 1.11. The summed E-state index contributed by atoms with van der Waals surface area (Å²) in [6.45, 7) is 2.00. The Morgan fingerprint density at radius 2 is 1.91 bits per heavy atom. The third-order valence-electron chi connectivity index (χ3n) is 3.57. The Kier molecular flexibility index (Phi) is 4.35. The fraction of sp³-hybridized carbons (Fsp3) is 0.105. The quantitative estimate of drug-likeness (QED) is 0.690. The fourth-order valence-electron chi connectivity index (χ4n) is 2.37. The van der Waals surface area contributed by atoms with Gasteiger partial charge >= 0.3 is 0 Å². The van der Waals surface area contributed by atoms with Crippen LogP contribution < -0.4 is 5.32 Å². The van der Waals surface area contributed by atoms with E-state index in [0.717, 1.165) is 10.4 Å². The molecule has 1 aromatic heterocycles. The van der Waals surface area contributed by atoms with Crippen LogP contribution >= 0.6 is 11.3 Å². The minimum atomic E-state index is -0.0749. The van der Waals surface area contributed by atoms with Crippen molar-refractivity contribution in [2.45, 2.75) is 13.0 Å². The number of thiophene rings is 1. The second-order valence-corrected chi connectivity index (χ2v) is 6.16. The van der Waals surface area contributed by atoms with Crippen molar-refractivity contribution in [2.24, 2.45) is 0 Å². The Labute approximate surface area is 134 Å². The highest BCUT2D eigenvalue weighted by Crippen LogP contribution is 2.20. The summed E-state index contributed by atoms with van der Waals surface area (Å²) < 4.78 is 0. The maximum atomic E-state index is 12.0. The zero-order chi connectivity index (χ0) is 15.4. The zero-order valence-corrected chi connectivity index (χ0v) is 13.1. The van der Waals surface area contributed by atoms with Gasteiger partial charge in [0.1, 0.15) is 0 Å². The summed E-state index contributed by atoms with van der Waals surface area (Å²) in [4.78, 5) is 13.1. The molecule has 0 saturated carbocycles. The molecule has 0 spiro atoms. The van der Waals surface area contributed by atoms with Crippen molar-refractivity contribution in [1.82, 2.24) is 5.32 Å². The van der Waals surface area contributed by atoms with Gasteiger partial charge < -0.3 is 5.32 Å². The van der Waals surface area contributed by atoms with E-state index in [2.05, 4.69) is 35.6 Å². The summed E-state index contributed by atoms with van der Waals surface area (Å²) >= 11 is 1.61. The Morgan fingerprint density at radius 3 is 2.68 bits per heavy atom. The molecule has 1 unspecified atom stereocenters. The minimum absolute atomic E-state index is 0.0231. The van der Waals surface area contributed by atoms with Crippen molar-refractivity contribution in [2.75, 3.05) is 0 Å². The van der Waals surface area contributed by atoms with Gasteiger partial charge in [-0.1, -0.05) is 42.5 Å². The molecule has 0 saturated heterocycles. The highest BCUT2D eigenvalue weighted by atomic mass is 32.1. The van der Waals surface area contributed by atoms with Crippen LogP contribution in [0.1, 0.15) is 23.4 Å². The van der Waals surface area contributed by atoms with Crippen molar-refractivity contribution in [3.8, 4) is 0 Å². The number of rotatable bonds is 4. The smallest absolute Gasteiger partial charge is 0.244 e. The Hall–Kier alpha value is -2.39. The molecule has 1 N–H and O–H groups in total. The van der Waals surface area contributed by atoms with E-state index in [0.29, 0.717) is 0 Å². The molecule has 3 aromatic rings. The molecule has 0 aliphatic heterocycles. The molecule has 110 valence electrons. The summed E-state index contributed by atoms with van der Waals surface area (Å²) in [5, 5.41) is 7.40. The molecule has 0 radical (unpaired) electrons. The third kappa shape index (κ3) is 3.43. The lowest BCUT2D eigenvalue weighted by atomic mass is 10.0. The monoisotopic (exact) mass is 307 g/mol. The first-order valence-electron chi connectivity index (χ1n) is 7.23. The number of hydrogen-bond acceptors (Lipinski definition) is 2. The Morgan fingerprint density at radius 1 is 1.09 bits per heavy atom. The normalized spacial score (nSPS) is 12.6. The van der Waals surface area contributed by atoms with Crippen LogP contribution in [0.2, 0.25) is 0 Å². The van der Waals surface area contributed by atoms with Crippen LogP contribution in [0.4, 0.5) is 0 Å². The van der Waals surface area contributed by atoms with Gasteiger partial charge in [-0.3, -0.25) is 4.79 Å². The Bertz CT molecular complexity index is 805. The second kappa shape index (κ2) is 6.58. The number of fused-ring (bicyclic) bond motifs is 1. The first-order valence-corrected chi connectivity index (χ1v) is 8.11. The molecule has 3 heteroatoms. The van der Waals surface area contributed by atoms with Gasteiger partial charge in [0.25, 0.3) is 0 Å². The molecule has 1 amide bonds. The third-order valence-corrected chi connectivity index (χ3v) is 4.41. The van der Waals surface area contributed by atoms with Crippen molar-refractivity contribution in [1.29, 1.82) is 0 Å². The molecule has 0 aliphatic carbocycles. The lowest BCUT2D eigenvalue weighted by Crippen LogP contribution is -2.24. The predicted molar refractivity (Wildman–Crippen MR) is 93.9 cm³/mol. The summed E-state index contributed by atoms with van der Waals surface area (Å²) in [5.74, 6) is -0.0749. The lowest BCUT2D eigenvalue weighted by Gasteiger charge is -2.13. The second-order valence-electron chi connectivity index (χ2n) is 5.19. The van der Waals surface area contributed by atoms with Crippen LogP contribution in [0.15, 0.2) is 66.1 Å². The molecular formula is C19H17NOS. The lowest BCUT2D eigenvalue weighted by molar-refractivity contribution is -0.117. The van der Waals surface area contributed by atoms with Gasteiger partial charge in [-0.05, 0) is 46.8 Å². The maximum absolute atomic E-state index is 12.0. The first kappa shape index (κ1) is 14.5. The van der Waals surface area contributed by atoms with Crippen LogP contribution in [0.25, 0.3) is 16.8 Å². The van der Waals surface area contributed by atoms with Crippen LogP contribution in [0, 0.1) is 0 Å². The molecule has 22 heavy (non-hydrogen) atoms. The van der Waals surface area contributed by atoms with E-state index in [-0.39, 0.29) is 11.9 Å².